The Balaban J connectivity index is 1.44. The summed E-state index contributed by atoms with van der Waals surface area (Å²) in [6.07, 6.45) is 0. The highest BCUT2D eigenvalue weighted by Gasteiger charge is 2.24. The highest BCUT2D eigenvalue weighted by atomic mass is 35.5. The number of hydrogen-bond donors (Lipinski definition) is 1. The fraction of sp³-hybridized carbons (Fsp3) is 0.208. The Bertz CT molecular complexity index is 1170. The number of nitrogens with zero attached hydrogens (tertiary/aromatic N) is 3. The third-order valence-corrected chi connectivity index (χ3v) is 6.34. The maximum Gasteiger partial charge on any atom is 0.292 e. The van der Waals surface area contributed by atoms with Crippen molar-refractivity contribution in [3.63, 3.8) is 0 Å². The van der Waals surface area contributed by atoms with E-state index < -0.39 is 0 Å². The van der Waals surface area contributed by atoms with Crippen LogP contribution in [0.1, 0.15) is 15.9 Å². The summed E-state index contributed by atoms with van der Waals surface area (Å²) in [6.45, 7) is 2.77. The van der Waals surface area contributed by atoms with E-state index >= 15 is 0 Å². The summed E-state index contributed by atoms with van der Waals surface area (Å²) in [5.41, 5.74) is 2.91. The van der Waals surface area contributed by atoms with Gasteiger partial charge in [-0.15, -0.1) is 0 Å². The molecule has 0 unspecified atom stereocenters. The summed E-state index contributed by atoms with van der Waals surface area (Å²) in [4.78, 5) is 27.8. The predicted octanol–water partition coefficient (Wildman–Crippen LogP) is 5.48. The molecule has 0 saturated carbocycles. The summed E-state index contributed by atoms with van der Waals surface area (Å²) in [5.74, 6) is -0.0952. The Kier molecular flexibility index (Phi) is 7.01. The van der Waals surface area contributed by atoms with Crippen LogP contribution < -0.4 is 10.2 Å². The second-order valence-corrected chi connectivity index (χ2v) is 8.52. The van der Waals surface area contributed by atoms with Gasteiger partial charge in [0.05, 0.1) is 15.0 Å². The first-order valence-corrected chi connectivity index (χ1v) is 11.2. The number of nitro groups is 1. The zero-order valence-corrected chi connectivity index (χ0v) is 19.2. The Morgan fingerprint density at radius 2 is 1.67 bits per heavy atom. The maximum absolute atomic E-state index is 12.8. The molecule has 0 spiro atoms. The van der Waals surface area contributed by atoms with Crippen molar-refractivity contribution in [3.05, 3.63) is 98.0 Å². The molecule has 1 aliphatic rings. The summed E-state index contributed by atoms with van der Waals surface area (Å²) in [5, 5.41) is 15.5. The van der Waals surface area contributed by atoms with Crippen molar-refractivity contribution in [2.24, 2.45) is 0 Å². The van der Waals surface area contributed by atoms with E-state index in [1.54, 1.807) is 35.2 Å². The quantitative estimate of drug-likeness (QED) is 0.370. The number of amides is 1. The lowest BCUT2D eigenvalue weighted by atomic mass is 10.1. The average Bonchev–Trinajstić information content (AvgIpc) is 2.84. The number of halogens is 2. The van der Waals surface area contributed by atoms with Crippen LogP contribution in [0.15, 0.2) is 66.7 Å². The predicted molar refractivity (Wildman–Crippen MR) is 131 cm³/mol. The molecule has 4 rings (SSSR count). The molecule has 0 bridgehead atoms. The van der Waals surface area contributed by atoms with Crippen molar-refractivity contribution in [3.8, 4) is 0 Å². The van der Waals surface area contributed by atoms with Crippen LogP contribution in [0.4, 0.5) is 17.1 Å². The van der Waals surface area contributed by atoms with Gasteiger partial charge in [0, 0.05) is 50.0 Å². The molecular weight excluding hydrogens is 463 g/mol. The van der Waals surface area contributed by atoms with Gasteiger partial charge >= 0.3 is 0 Å². The van der Waals surface area contributed by atoms with Crippen LogP contribution in [0.25, 0.3) is 0 Å². The summed E-state index contributed by atoms with van der Waals surface area (Å²) < 4.78 is 0. The molecule has 3 aromatic rings. The van der Waals surface area contributed by atoms with Gasteiger partial charge in [0.25, 0.3) is 11.6 Å². The third kappa shape index (κ3) is 5.38. The number of piperazine rings is 1. The Labute approximate surface area is 201 Å². The number of carbonyl (C=O) groups is 1. The molecule has 0 aromatic heterocycles. The minimum Gasteiger partial charge on any atom is -0.375 e. The first kappa shape index (κ1) is 22.9. The van der Waals surface area contributed by atoms with Crippen LogP contribution >= 0.6 is 23.2 Å². The largest absolute Gasteiger partial charge is 0.375 e. The lowest BCUT2D eigenvalue weighted by Crippen LogP contribution is -2.48. The third-order valence-electron chi connectivity index (χ3n) is 5.60. The van der Waals surface area contributed by atoms with E-state index in [0.717, 1.165) is 11.3 Å². The van der Waals surface area contributed by atoms with E-state index in [4.69, 9.17) is 23.2 Å². The first-order chi connectivity index (χ1) is 15.9. The standard InChI is InChI=1S/C24H22Cl2N4O3/c25-20-8-6-18(14-21(20)26)24(31)29-12-10-28(11-13-29)19-7-9-23(30(32)33)22(15-19)27-16-17-4-2-1-3-5-17/h1-9,14-15,27H,10-13,16H2. The molecule has 0 atom stereocenters. The van der Waals surface area contributed by atoms with Crippen molar-refractivity contribution in [2.75, 3.05) is 36.4 Å². The van der Waals surface area contributed by atoms with Gasteiger partial charge in [-0.25, -0.2) is 0 Å². The van der Waals surface area contributed by atoms with E-state index in [9.17, 15) is 14.9 Å². The van der Waals surface area contributed by atoms with Crippen LogP contribution in [0.2, 0.25) is 10.0 Å². The van der Waals surface area contributed by atoms with E-state index in [0.29, 0.717) is 54.0 Å². The van der Waals surface area contributed by atoms with Gasteiger partial charge in [-0.2, -0.15) is 0 Å². The minimum atomic E-state index is -0.384. The molecular formula is C24H22Cl2N4O3. The maximum atomic E-state index is 12.8. The summed E-state index contributed by atoms with van der Waals surface area (Å²) in [6, 6.07) is 19.7. The fourth-order valence-corrected chi connectivity index (χ4v) is 4.09. The number of rotatable bonds is 6. The molecule has 1 heterocycles. The molecule has 3 aromatic carbocycles. The van der Waals surface area contributed by atoms with Gasteiger partial charge < -0.3 is 15.1 Å². The molecule has 9 heteroatoms. The Morgan fingerprint density at radius 3 is 2.33 bits per heavy atom. The second-order valence-electron chi connectivity index (χ2n) is 7.71. The number of carbonyl (C=O) groups excluding carboxylic acids is 1. The van der Waals surface area contributed by atoms with Gasteiger partial charge in [-0.05, 0) is 35.9 Å². The molecule has 1 saturated heterocycles. The fourth-order valence-electron chi connectivity index (χ4n) is 3.79. The summed E-state index contributed by atoms with van der Waals surface area (Å²) >= 11 is 12.0. The van der Waals surface area contributed by atoms with Crippen LogP contribution in [-0.4, -0.2) is 41.9 Å². The van der Waals surface area contributed by atoms with Crippen LogP contribution in [-0.2, 0) is 6.54 Å². The molecule has 1 aliphatic heterocycles. The van der Waals surface area contributed by atoms with Crippen molar-refractivity contribution >= 4 is 46.2 Å². The molecule has 1 fully saturated rings. The van der Waals surface area contributed by atoms with Gasteiger partial charge in [-0.1, -0.05) is 53.5 Å². The van der Waals surface area contributed by atoms with E-state index in [1.807, 2.05) is 30.3 Å². The number of nitrogens with one attached hydrogen (secondary N) is 1. The number of nitro benzene ring substituents is 1. The highest BCUT2D eigenvalue weighted by Crippen LogP contribution is 2.31. The van der Waals surface area contributed by atoms with E-state index in [1.165, 1.54) is 6.07 Å². The summed E-state index contributed by atoms with van der Waals surface area (Å²) in [7, 11) is 0. The monoisotopic (exact) mass is 484 g/mol. The smallest absolute Gasteiger partial charge is 0.292 e. The minimum absolute atomic E-state index is 0.0307. The Morgan fingerprint density at radius 1 is 0.939 bits per heavy atom. The normalized spacial score (nSPS) is 13.6. The van der Waals surface area contributed by atoms with Crippen LogP contribution in [0.5, 0.6) is 0 Å². The topological polar surface area (TPSA) is 78.7 Å². The second kappa shape index (κ2) is 10.1. The van der Waals surface area contributed by atoms with Crippen molar-refractivity contribution < 1.29 is 9.72 Å². The van der Waals surface area contributed by atoms with Crippen molar-refractivity contribution in [2.45, 2.75) is 6.54 Å². The van der Waals surface area contributed by atoms with Crippen LogP contribution in [0, 0.1) is 10.1 Å². The number of anilines is 2. The van der Waals surface area contributed by atoms with Crippen molar-refractivity contribution in [1.29, 1.82) is 0 Å². The number of hydrogen-bond acceptors (Lipinski definition) is 5. The van der Waals surface area contributed by atoms with Gasteiger partial charge in [0.1, 0.15) is 5.69 Å². The van der Waals surface area contributed by atoms with Gasteiger partial charge in [-0.3, -0.25) is 14.9 Å². The SMILES string of the molecule is O=C(c1ccc(Cl)c(Cl)c1)N1CCN(c2ccc([N+](=O)[O-])c(NCc3ccccc3)c2)CC1. The Hall–Kier alpha value is -3.29. The lowest BCUT2D eigenvalue weighted by molar-refractivity contribution is -0.384. The highest BCUT2D eigenvalue weighted by molar-refractivity contribution is 6.42. The first-order valence-electron chi connectivity index (χ1n) is 10.5. The van der Waals surface area contributed by atoms with Gasteiger partial charge in [0.15, 0.2) is 0 Å². The van der Waals surface area contributed by atoms with E-state index in [-0.39, 0.29) is 16.5 Å². The molecule has 33 heavy (non-hydrogen) atoms. The lowest BCUT2D eigenvalue weighted by Gasteiger charge is -2.36. The average molecular weight is 485 g/mol. The number of benzene rings is 3. The molecule has 170 valence electrons. The molecule has 0 radical (unpaired) electrons. The van der Waals surface area contributed by atoms with Crippen LogP contribution in [0.3, 0.4) is 0 Å². The zero-order valence-electron chi connectivity index (χ0n) is 17.7. The van der Waals surface area contributed by atoms with Gasteiger partial charge in [0.2, 0.25) is 0 Å². The van der Waals surface area contributed by atoms with Crippen molar-refractivity contribution in [1.82, 2.24) is 4.90 Å². The van der Waals surface area contributed by atoms with E-state index in [2.05, 4.69) is 10.2 Å². The molecule has 0 aliphatic carbocycles. The molecule has 7 nitrogen and oxygen atoms in total. The molecule has 1 amide bonds. The molecule has 1 N–H and O–H groups in total. The zero-order chi connectivity index (χ0) is 23.4.